The van der Waals surface area contributed by atoms with E-state index in [1.807, 2.05) is 100 Å². The molecule has 0 saturated heterocycles. The van der Waals surface area contributed by atoms with Crippen molar-refractivity contribution in [3.8, 4) is 11.1 Å². The number of nitrogens with one attached hydrogen (secondary N) is 3. The number of benzene rings is 3. The van der Waals surface area contributed by atoms with E-state index in [-0.39, 0.29) is 43.2 Å². The van der Waals surface area contributed by atoms with Crippen molar-refractivity contribution in [3.63, 3.8) is 0 Å². The number of fused-ring (bicyclic) bond motifs is 1. The summed E-state index contributed by atoms with van der Waals surface area (Å²) in [5.74, 6) is -0.712. The van der Waals surface area contributed by atoms with Crippen LogP contribution < -0.4 is 20.9 Å². The number of aliphatic hydroxyl groups excluding tert-OH is 2. The van der Waals surface area contributed by atoms with Gasteiger partial charge in [0.15, 0.2) is 0 Å². The fourth-order valence-electron chi connectivity index (χ4n) is 5.62. The van der Waals surface area contributed by atoms with Gasteiger partial charge in [-0.1, -0.05) is 67.6 Å². The number of rotatable bonds is 12. The van der Waals surface area contributed by atoms with Gasteiger partial charge in [0.25, 0.3) is 5.91 Å². The molecule has 5 N–H and O–H groups in total. The smallest absolute Gasteiger partial charge is 0.251 e. The van der Waals surface area contributed by atoms with E-state index in [4.69, 9.17) is 5.11 Å². The molecule has 2 unspecified atom stereocenters. The minimum absolute atomic E-state index is 0.0911. The minimum atomic E-state index is -0.919. The van der Waals surface area contributed by atoms with Crippen LogP contribution in [0.2, 0.25) is 0 Å². The molecule has 9 heteroatoms. The van der Waals surface area contributed by atoms with Crippen molar-refractivity contribution in [2.45, 2.75) is 64.8 Å². The number of para-hydroxylation sites is 1. The average molecular weight is 601 g/mol. The van der Waals surface area contributed by atoms with Crippen LogP contribution in [-0.2, 0) is 22.6 Å². The molecule has 234 valence electrons. The summed E-state index contributed by atoms with van der Waals surface area (Å²) in [6.45, 7) is 8.19. The highest BCUT2D eigenvalue weighted by molar-refractivity contribution is 6.01. The molecule has 0 bridgehead atoms. The van der Waals surface area contributed by atoms with E-state index in [0.717, 1.165) is 27.9 Å². The van der Waals surface area contributed by atoms with Crippen LogP contribution in [0.15, 0.2) is 72.8 Å². The molecule has 0 radical (unpaired) electrons. The molecule has 0 aliphatic carbocycles. The predicted molar refractivity (Wildman–Crippen MR) is 172 cm³/mol. The third kappa shape index (κ3) is 8.11. The summed E-state index contributed by atoms with van der Waals surface area (Å²) in [5, 5.41) is 27.8. The summed E-state index contributed by atoms with van der Waals surface area (Å²) >= 11 is 0. The third-order valence-electron chi connectivity index (χ3n) is 7.99. The van der Waals surface area contributed by atoms with Crippen molar-refractivity contribution in [3.05, 3.63) is 89.5 Å². The molecule has 1 aliphatic heterocycles. The first-order chi connectivity index (χ1) is 21.0. The summed E-state index contributed by atoms with van der Waals surface area (Å²) in [6.07, 6.45) is -0.200. The van der Waals surface area contributed by atoms with Gasteiger partial charge in [0.05, 0.1) is 19.3 Å². The summed E-state index contributed by atoms with van der Waals surface area (Å²) in [4.78, 5) is 41.7. The minimum Gasteiger partial charge on any atom is -0.394 e. The predicted octanol–water partition coefficient (Wildman–Crippen LogP) is 3.43. The fourth-order valence-corrected chi connectivity index (χ4v) is 5.62. The van der Waals surface area contributed by atoms with Gasteiger partial charge < -0.3 is 31.1 Å². The average Bonchev–Trinajstić information content (AvgIpc) is 3.10. The zero-order valence-electron chi connectivity index (χ0n) is 26.0. The van der Waals surface area contributed by atoms with Crippen molar-refractivity contribution in [1.29, 1.82) is 0 Å². The lowest BCUT2D eigenvalue weighted by molar-refractivity contribution is -0.129. The van der Waals surface area contributed by atoms with E-state index in [1.165, 1.54) is 0 Å². The van der Waals surface area contributed by atoms with E-state index >= 15 is 0 Å². The molecule has 0 saturated carbocycles. The van der Waals surface area contributed by atoms with Gasteiger partial charge in [-0.15, -0.1) is 0 Å². The van der Waals surface area contributed by atoms with Gasteiger partial charge in [0, 0.05) is 36.3 Å². The number of β-amino-alcohol motifs (C(OH)–C–C–N with tert-alkyl or cyclic N) is 1. The quantitative estimate of drug-likeness (QED) is 0.217. The van der Waals surface area contributed by atoms with E-state index < -0.39 is 17.7 Å². The first kappa shape index (κ1) is 32.9. The Balaban J connectivity index is 1.55. The maximum absolute atomic E-state index is 14.1. The van der Waals surface area contributed by atoms with Gasteiger partial charge in [-0.25, -0.2) is 0 Å². The van der Waals surface area contributed by atoms with E-state index in [0.29, 0.717) is 25.1 Å². The van der Waals surface area contributed by atoms with Crippen LogP contribution in [0.25, 0.3) is 11.1 Å². The molecule has 3 amide bonds. The molecular weight excluding hydrogens is 556 g/mol. The standard InChI is InChI=1S/C35H44N4O5/c1-5-36-33(43)29-12-8-7-11-28(29)25-16-14-24(15-17-25)21-39-30-13-9-6-10-26(30)18-23(2)32(34(39)44)38-31(42)19-35(3,4)37-20-27(41)22-40/h6-17,23,27,32,37,40-41H,5,18-22H2,1-4H3,(H,36,43)(H,38,42)/t23?,27-,32?/m0/s1. The highest BCUT2D eigenvalue weighted by Crippen LogP contribution is 2.32. The SMILES string of the molecule is CCNC(=O)c1ccccc1-c1ccc(CN2C(=O)C(NC(=O)CC(C)(C)NC[C@H](O)CO)C(C)Cc3ccccc32)cc1. The number of carbonyl (C=O) groups is 3. The number of nitrogens with zero attached hydrogens (tertiary/aromatic N) is 1. The zero-order valence-corrected chi connectivity index (χ0v) is 26.0. The highest BCUT2D eigenvalue weighted by Gasteiger charge is 2.36. The van der Waals surface area contributed by atoms with E-state index in [2.05, 4.69) is 16.0 Å². The van der Waals surface area contributed by atoms with Crippen molar-refractivity contribution in [2.24, 2.45) is 5.92 Å². The second kappa shape index (κ2) is 14.6. The molecule has 3 aromatic carbocycles. The summed E-state index contributed by atoms with van der Waals surface area (Å²) in [6, 6.07) is 22.5. The van der Waals surface area contributed by atoms with E-state index in [1.54, 1.807) is 4.90 Å². The Labute approximate surface area is 259 Å². The molecule has 0 fully saturated rings. The Kier molecular flexibility index (Phi) is 10.9. The molecule has 44 heavy (non-hydrogen) atoms. The number of hydrogen-bond donors (Lipinski definition) is 5. The van der Waals surface area contributed by atoms with Gasteiger partial charge >= 0.3 is 0 Å². The van der Waals surface area contributed by atoms with Crippen molar-refractivity contribution >= 4 is 23.4 Å². The molecule has 3 aromatic rings. The van der Waals surface area contributed by atoms with Crippen molar-refractivity contribution in [2.75, 3.05) is 24.6 Å². The van der Waals surface area contributed by atoms with Crippen LogP contribution in [0.4, 0.5) is 5.69 Å². The zero-order chi connectivity index (χ0) is 31.9. The van der Waals surface area contributed by atoms with Crippen LogP contribution in [-0.4, -0.2) is 65.3 Å². The Morgan fingerprint density at radius 3 is 2.41 bits per heavy atom. The van der Waals surface area contributed by atoms with Gasteiger partial charge in [-0.05, 0) is 67.5 Å². The fraction of sp³-hybridized carbons (Fsp3) is 0.400. The number of amides is 3. The van der Waals surface area contributed by atoms with Gasteiger partial charge in [0.1, 0.15) is 6.04 Å². The number of hydrogen-bond acceptors (Lipinski definition) is 6. The topological polar surface area (TPSA) is 131 Å². The lowest BCUT2D eigenvalue weighted by Gasteiger charge is -2.30. The third-order valence-corrected chi connectivity index (χ3v) is 7.99. The summed E-state index contributed by atoms with van der Waals surface area (Å²) < 4.78 is 0. The van der Waals surface area contributed by atoms with Crippen molar-refractivity contribution < 1.29 is 24.6 Å². The van der Waals surface area contributed by atoms with Crippen LogP contribution in [0, 0.1) is 5.92 Å². The normalized spacial score (nSPS) is 17.4. The maximum Gasteiger partial charge on any atom is 0.251 e. The van der Waals surface area contributed by atoms with Crippen molar-refractivity contribution in [1.82, 2.24) is 16.0 Å². The number of anilines is 1. The van der Waals surface area contributed by atoms with Gasteiger partial charge in [-0.3, -0.25) is 14.4 Å². The molecular formula is C35H44N4O5. The first-order valence-corrected chi connectivity index (χ1v) is 15.2. The lowest BCUT2D eigenvalue weighted by Crippen LogP contribution is -2.53. The second-order valence-electron chi connectivity index (χ2n) is 12.2. The maximum atomic E-state index is 14.1. The van der Waals surface area contributed by atoms with Crippen LogP contribution in [0.3, 0.4) is 0 Å². The Morgan fingerprint density at radius 2 is 1.70 bits per heavy atom. The Hall–Kier alpha value is -4.05. The van der Waals surface area contributed by atoms with Crippen LogP contribution in [0.1, 0.15) is 55.6 Å². The molecule has 0 spiro atoms. The summed E-state index contributed by atoms with van der Waals surface area (Å²) in [5.41, 5.74) is 4.47. The lowest BCUT2D eigenvalue weighted by atomic mass is 9.93. The molecule has 3 atom stereocenters. The number of aliphatic hydroxyl groups is 2. The molecule has 1 aliphatic rings. The first-order valence-electron chi connectivity index (χ1n) is 15.2. The van der Waals surface area contributed by atoms with Crippen LogP contribution in [0.5, 0.6) is 0 Å². The molecule has 9 nitrogen and oxygen atoms in total. The molecule has 0 aromatic heterocycles. The van der Waals surface area contributed by atoms with Crippen LogP contribution >= 0.6 is 0 Å². The second-order valence-corrected chi connectivity index (χ2v) is 12.2. The number of carbonyl (C=O) groups excluding carboxylic acids is 3. The Morgan fingerprint density at radius 1 is 1.02 bits per heavy atom. The van der Waals surface area contributed by atoms with E-state index in [9.17, 15) is 19.5 Å². The molecule has 1 heterocycles. The monoisotopic (exact) mass is 600 g/mol. The molecule has 4 rings (SSSR count). The highest BCUT2D eigenvalue weighted by atomic mass is 16.3. The summed E-state index contributed by atoms with van der Waals surface area (Å²) in [7, 11) is 0. The van der Waals surface area contributed by atoms with Gasteiger partial charge in [-0.2, -0.15) is 0 Å². The largest absolute Gasteiger partial charge is 0.394 e. The van der Waals surface area contributed by atoms with Gasteiger partial charge in [0.2, 0.25) is 11.8 Å². The Bertz CT molecular complexity index is 1460.